The Morgan fingerprint density at radius 3 is 2.59 bits per heavy atom. The number of hydrogen-bond donors (Lipinski definition) is 0. The van der Waals surface area contributed by atoms with Crippen molar-refractivity contribution in [3.05, 3.63) is 53.9 Å². The summed E-state index contributed by atoms with van der Waals surface area (Å²) in [5.74, 6) is 0.941. The summed E-state index contributed by atoms with van der Waals surface area (Å²) in [5, 5.41) is 0. The maximum absolute atomic E-state index is 13.0. The Kier molecular flexibility index (Phi) is 4.55. The van der Waals surface area contributed by atoms with Crippen LogP contribution in [0.3, 0.4) is 0 Å². The molecule has 1 atom stereocenters. The average molecular weight is 302 g/mol. The van der Waals surface area contributed by atoms with Gasteiger partial charge in [0.2, 0.25) is 0 Å². The second-order valence-electron chi connectivity index (χ2n) is 6.14. The molecule has 0 aliphatic carbocycles. The van der Waals surface area contributed by atoms with Gasteiger partial charge >= 0.3 is 0 Å². The van der Waals surface area contributed by atoms with E-state index in [1.165, 1.54) is 17.7 Å². The van der Waals surface area contributed by atoms with Crippen LogP contribution in [0.25, 0.3) is 0 Å². The number of aryl methyl sites for hydroxylation is 1. The van der Waals surface area contributed by atoms with Gasteiger partial charge in [-0.25, -0.2) is 9.37 Å². The summed E-state index contributed by atoms with van der Waals surface area (Å²) < 4.78 is 15.0. The van der Waals surface area contributed by atoms with E-state index in [2.05, 4.69) is 26.3 Å². The molecule has 0 bridgehead atoms. The molecule has 0 N–H and O–H groups in total. The van der Waals surface area contributed by atoms with Gasteiger partial charge in [-0.3, -0.25) is 9.80 Å². The van der Waals surface area contributed by atoms with Crippen LogP contribution in [0.5, 0.6) is 0 Å². The highest BCUT2D eigenvalue weighted by molar-refractivity contribution is 5.16. The van der Waals surface area contributed by atoms with Crippen molar-refractivity contribution in [1.29, 1.82) is 0 Å². The molecule has 118 valence electrons. The number of halogens is 1. The standard InChI is InChI=1S/C17H23FN4/c1-14-11-21(12-15-3-5-16(18)6-4-15)9-10-22(14)13-17-19-7-8-20(17)2/h3-8,14H,9-13H2,1-2H3/t14-/m0/s1. The van der Waals surface area contributed by atoms with Crippen LogP contribution in [-0.4, -0.2) is 45.0 Å². The Hall–Kier alpha value is -1.72. The van der Waals surface area contributed by atoms with Crippen molar-refractivity contribution in [2.45, 2.75) is 26.1 Å². The Labute approximate surface area is 131 Å². The first-order valence-electron chi connectivity index (χ1n) is 7.79. The first-order valence-corrected chi connectivity index (χ1v) is 7.79. The predicted octanol–water partition coefficient (Wildman–Crippen LogP) is 2.27. The molecule has 1 aromatic carbocycles. The van der Waals surface area contributed by atoms with Gasteiger partial charge < -0.3 is 4.57 Å². The summed E-state index contributed by atoms with van der Waals surface area (Å²) in [7, 11) is 2.04. The van der Waals surface area contributed by atoms with Crippen LogP contribution in [-0.2, 0) is 20.1 Å². The molecule has 0 amide bonds. The molecule has 0 spiro atoms. The maximum Gasteiger partial charge on any atom is 0.123 e. The molecular formula is C17H23FN4. The van der Waals surface area contributed by atoms with E-state index in [1.54, 1.807) is 0 Å². The Morgan fingerprint density at radius 1 is 1.18 bits per heavy atom. The maximum atomic E-state index is 13.0. The first kappa shape index (κ1) is 15.2. The van der Waals surface area contributed by atoms with Crippen LogP contribution >= 0.6 is 0 Å². The van der Waals surface area contributed by atoms with Crippen LogP contribution in [0.2, 0.25) is 0 Å². The van der Waals surface area contributed by atoms with Crippen LogP contribution in [0.15, 0.2) is 36.7 Å². The van der Waals surface area contributed by atoms with Crippen molar-refractivity contribution in [3.63, 3.8) is 0 Å². The molecule has 4 nitrogen and oxygen atoms in total. The summed E-state index contributed by atoms with van der Waals surface area (Å²) in [5.41, 5.74) is 1.17. The molecule has 1 saturated heterocycles. The van der Waals surface area contributed by atoms with Crippen molar-refractivity contribution in [2.75, 3.05) is 19.6 Å². The van der Waals surface area contributed by atoms with E-state index in [9.17, 15) is 4.39 Å². The fourth-order valence-electron chi connectivity index (χ4n) is 3.03. The second-order valence-corrected chi connectivity index (χ2v) is 6.14. The van der Waals surface area contributed by atoms with E-state index in [-0.39, 0.29) is 5.82 Å². The van der Waals surface area contributed by atoms with Gasteiger partial charge in [-0.05, 0) is 24.6 Å². The summed E-state index contributed by atoms with van der Waals surface area (Å²) in [4.78, 5) is 9.32. The van der Waals surface area contributed by atoms with Gasteiger partial charge in [0, 0.05) is 51.7 Å². The quantitative estimate of drug-likeness (QED) is 0.866. The number of nitrogens with zero attached hydrogens (tertiary/aromatic N) is 4. The van der Waals surface area contributed by atoms with Gasteiger partial charge in [0.15, 0.2) is 0 Å². The first-order chi connectivity index (χ1) is 10.6. The summed E-state index contributed by atoms with van der Waals surface area (Å²) in [6.07, 6.45) is 3.84. The zero-order valence-electron chi connectivity index (χ0n) is 13.2. The van der Waals surface area contributed by atoms with Gasteiger partial charge in [-0.15, -0.1) is 0 Å². The third-order valence-corrected chi connectivity index (χ3v) is 4.43. The number of benzene rings is 1. The lowest BCUT2D eigenvalue weighted by Gasteiger charge is -2.39. The lowest BCUT2D eigenvalue weighted by Crippen LogP contribution is -2.51. The van der Waals surface area contributed by atoms with Gasteiger partial charge in [-0.2, -0.15) is 0 Å². The SMILES string of the molecule is C[C@H]1CN(Cc2ccc(F)cc2)CCN1Cc1nccn1C. The molecule has 2 aromatic rings. The highest BCUT2D eigenvalue weighted by atomic mass is 19.1. The Morgan fingerprint density at radius 2 is 1.95 bits per heavy atom. The van der Waals surface area contributed by atoms with Crippen molar-refractivity contribution < 1.29 is 4.39 Å². The van der Waals surface area contributed by atoms with Crippen LogP contribution in [0, 0.1) is 5.82 Å². The number of hydrogen-bond acceptors (Lipinski definition) is 3. The molecule has 0 unspecified atom stereocenters. The minimum Gasteiger partial charge on any atom is -0.337 e. The Bertz CT molecular complexity index is 607. The lowest BCUT2D eigenvalue weighted by atomic mass is 10.1. The third-order valence-electron chi connectivity index (χ3n) is 4.43. The molecule has 2 heterocycles. The van der Waals surface area contributed by atoms with E-state index in [1.807, 2.05) is 31.6 Å². The highest BCUT2D eigenvalue weighted by Crippen LogP contribution is 2.15. The van der Waals surface area contributed by atoms with Gasteiger partial charge in [0.25, 0.3) is 0 Å². The summed E-state index contributed by atoms with van der Waals surface area (Å²) >= 11 is 0. The van der Waals surface area contributed by atoms with Gasteiger partial charge in [-0.1, -0.05) is 12.1 Å². The molecular weight excluding hydrogens is 279 g/mol. The topological polar surface area (TPSA) is 24.3 Å². The average Bonchev–Trinajstić information content (AvgIpc) is 2.90. The number of aromatic nitrogens is 2. The van der Waals surface area contributed by atoms with E-state index in [0.29, 0.717) is 6.04 Å². The molecule has 1 fully saturated rings. The smallest absolute Gasteiger partial charge is 0.123 e. The highest BCUT2D eigenvalue weighted by Gasteiger charge is 2.24. The minimum atomic E-state index is -0.169. The number of imidazole rings is 1. The zero-order valence-corrected chi connectivity index (χ0v) is 13.2. The molecule has 3 rings (SSSR count). The number of rotatable bonds is 4. The van der Waals surface area contributed by atoms with Crippen LogP contribution in [0.1, 0.15) is 18.3 Å². The molecule has 1 aromatic heterocycles. The minimum absolute atomic E-state index is 0.169. The second kappa shape index (κ2) is 6.58. The van der Waals surface area contributed by atoms with Gasteiger partial charge in [0.05, 0.1) is 6.54 Å². The van der Waals surface area contributed by atoms with E-state index < -0.39 is 0 Å². The van der Waals surface area contributed by atoms with Crippen molar-refractivity contribution in [2.24, 2.45) is 7.05 Å². The fourth-order valence-corrected chi connectivity index (χ4v) is 3.03. The van der Waals surface area contributed by atoms with Crippen molar-refractivity contribution >= 4 is 0 Å². The molecule has 22 heavy (non-hydrogen) atoms. The van der Waals surface area contributed by atoms with Crippen LogP contribution in [0.4, 0.5) is 4.39 Å². The van der Waals surface area contributed by atoms with Crippen LogP contribution < -0.4 is 0 Å². The number of piperazine rings is 1. The summed E-state index contributed by atoms with van der Waals surface area (Å²) in [6.45, 7) is 7.15. The van der Waals surface area contributed by atoms with E-state index >= 15 is 0 Å². The lowest BCUT2D eigenvalue weighted by molar-refractivity contribution is 0.0707. The fraction of sp³-hybridized carbons (Fsp3) is 0.471. The predicted molar refractivity (Wildman–Crippen MR) is 84.8 cm³/mol. The van der Waals surface area contributed by atoms with Crippen molar-refractivity contribution in [1.82, 2.24) is 19.4 Å². The third kappa shape index (κ3) is 3.54. The van der Waals surface area contributed by atoms with Crippen molar-refractivity contribution in [3.8, 4) is 0 Å². The van der Waals surface area contributed by atoms with E-state index in [4.69, 9.17) is 0 Å². The molecule has 0 radical (unpaired) electrons. The van der Waals surface area contributed by atoms with E-state index in [0.717, 1.165) is 38.5 Å². The Balaban J connectivity index is 1.55. The molecule has 5 heteroatoms. The van der Waals surface area contributed by atoms with Gasteiger partial charge in [0.1, 0.15) is 11.6 Å². The molecule has 1 aliphatic rings. The normalized spacial score (nSPS) is 20.4. The molecule has 0 saturated carbocycles. The monoisotopic (exact) mass is 302 g/mol. The summed E-state index contributed by atoms with van der Waals surface area (Å²) in [6, 6.07) is 7.32. The zero-order chi connectivity index (χ0) is 15.5. The largest absolute Gasteiger partial charge is 0.337 e. The molecule has 1 aliphatic heterocycles.